The molecule has 0 unspecified atom stereocenters. The van der Waals surface area contributed by atoms with Crippen LogP contribution in [-0.4, -0.2) is 25.2 Å². The Morgan fingerprint density at radius 1 is 1.33 bits per heavy atom. The van der Waals surface area contributed by atoms with Crippen molar-refractivity contribution in [2.75, 3.05) is 13.2 Å². The van der Waals surface area contributed by atoms with Gasteiger partial charge >= 0.3 is 0 Å². The largest absolute Gasteiger partial charge is 0.378 e. The average Bonchev–Trinajstić information content (AvgIpc) is 2.29. The van der Waals surface area contributed by atoms with E-state index in [9.17, 15) is 4.79 Å². The first-order valence-electron chi connectivity index (χ1n) is 6.21. The molecule has 0 bridgehead atoms. The molecule has 15 heavy (non-hydrogen) atoms. The summed E-state index contributed by atoms with van der Waals surface area (Å²) in [5.41, 5.74) is 0. The highest BCUT2D eigenvalue weighted by molar-refractivity contribution is 5.75. The highest BCUT2D eigenvalue weighted by atomic mass is 16.5. The molecule has 0 saturated heterocycles. The van der Waals surface area contributed by atoms with E-state index < -0.39 is 0 Å². The number of ether oxygens (including phenoxy) is 1. The molecule has 1 rings (SSSR count). The minimum absolute atomic E-state index is 0.132. The molecule has 0 aromatic carbocycles. The molecule has 0 heterocycles. The first-order valence-corrected chi connectivity index (χ1v) is 6.21. The lowest BCUT2D eigenvalue weighted by Gasteiger charge is -2.21. The van der Waals surface area contributed by atoms with Gasteiger partial charge in [-0.2, -0.15) is 0 Å². The monoisotopic (exact) mass is 213 g/mol. The predicted octanol–water partition coefficient (Wildman–Crippen LogP) is 2.25. The molecule has 1 fully saturated rings. The van der Waals surface area contributed by atoms with E-state index in [2.05, 4.69) is 5.32 Å². The van der Waals surface area contributed by atoms with Gasteiger partial charge in [-0.15, -0.1) is 0 Å². The van der Waals surface area contributed by atoms with E-state index in [4.69, 9.17) is 4.74 Å². The number of hydrogen-bond donors (Lipinski definition) is 1. The van der Waals surface area contributed by atoms with Crippen molar-refractivity contribution < 1.29 is 9.53 Å². The molecule has 1 N–H and O–H groups in total. The minimum Gasteiger partial charge on any atom is -0.378 e. The molecular formula is C12H23NO2. The van der Waals surface area contributed by atoms with Crippen LogP contribution in [0.1, 0.15) is 51.9 Å². The molecule has 88 valence electrons. The van der Waals surface area contributed by atoms with Crippen LogP contribution >= 0.6 is 0 Å². The Balaban J connectivity index is 1.89. The van der Waals surface area contributed by atoms with Crippen molar-refractivity contribution in [3.63, 3.8) is 0 Å². The second kappa shape index (κ2) is 7.69. The zero-order valence-electron chi connectivity index (χ0n) is 9.76. The fraction of sp³-hybridized carbons (Fsp3) is 0.917. The van der Waals surface area contributed by atoms with Crippen LogP contribution in [-0.2, 0) is 9.53 Å². The van der Waals surface area contributed by atoms with Gasteiger partial charge < -0.3 is 10.1 Å². The van der Waals surface area contributed by atoms with Crippen molar-refractivity contribution in [3.05, 3.63) is 0 Å². The standard InChI is InChI=1S/C12H23NO2/c1-2-12(14)13-9-6-10-15-11-7-4-3-5-8-11/h11H,2-10H2,1H3,(H,13,14). The number of rotatable bonds is 6. The van der Waals surface area contributed by atoms with E-state index in [1.165, 1.54) is 32.1 Å². The van der Waals surface area contributed by atoms with Crippen molar-refractivity contribution in [3.8, 4) is 0 Å². The summed E-state index contributed by atoms with van der Waals surface area (Å²) < 4.78 is 5.75. The SMILES string of the molecule is CCC(=O)NCCCOC1CCCCC1. The van der Waals surface area contributed by atoms with Gasteiger partial charge in [0.2, 0.25) is 5.91 Å². The number of carbonyl (C=O) groups excluding carboxylic acids is 1. The van der Waals surface area contributed by atoms with Crippen LogP contribution < -0.4 is 5.32 Å². The third-order valence-corrected chi connectivity index (χ3v) is 2.87. The van der Waals surface area contributed by atoms with Crippen molar-refractivity contribution in [2.45, 2.75) is 58.0 Å². The summed E-state index contributed by atoms with van der Waals surface area (Å²) in [6.07, 6.45) is 8.44. The summed E-state index contributed by atoms with van der Waals surface area (Å²) in [6.45, 7) is 3.40. The maximum absolute atomic E-state index is 10.9. The molecule has 1 aliphatic rings. The van der Waals surface area contributed by atoms with Gasteiger partial charge in [0.25, 0.3) is 0 Å². The number of carbonyl (C=O) groups is 1. The lowest BCUT2D eigenvalue weighted by atomic mass is 9.98. The van der Waals surface area contributed by atoms with Gasteiger partial charge in [0.1, 0.15) is 0 Å². The molecule has 0 aliphatic heterocycles. The molecule has 0 atom stereocenters. The van der Waals surface area contributed by atoms with E-state index in [-0.39, 0.29) is 5.91 Å². The molecule has 1 amide bonds. The van der Waals surface area contributed by atoms with Crippen LogP contribution in [0.5, 0.6) is 0 Å². The van der Waals surface area contributed by atoms with E-state index in [1.54, 1.807) is 0 Å². The van der Waals surface area contributed by atoms with Gasteiger partial charge in [-0.1, -0.05) is 26.2 Å². The number of nitrogens with one attached hydrogen (secondary N) is 1. The Hall–Kier alpha value is -0.570. The molecule has 0 aromatic rings. The molecule has 0 aromatic heterocycles. The first kappa shape index (κ1) is 12.5. The second-order valence-corrected chi connectivity index (χ2v) is 4.19. The maximum atomic E-state index is 10.9. The maximum Gasteiger partial charge on any atom is 0.219 e. The smallest absolute Gasteiger partial charge is 0.219 e. The molecule has 0 spiro atoms. The quantitative estimate of drug-likeness (QED) is 0.687. The third-order valence-electron chi connectivity index (χ3n) is 2.87. The summed E-state index contributed by atoms with van der Waals surface area (Å²) in [7, 11) is 0. The van der Waals surface area contributed by atoms with Crippen LogP contribution in [0.25, 0.3) is 0 Å². The Morgan fingerprint density at radius 2 is 2.07 bits per heavy atom. The minimum atomic E-state index is 0.132. The predicted molar refractivity (Wildman–Crippen MR) is 60.7 cm³/mol. The zero-order valence-corrected chi connectivity index (χ0v) is 9.76. The van der Waals surface area contributed by atoms with Gasteiger partial charge in [-0.3, -0.25) is 4.79 Å². The summed E-state index contributed by atoms with van der Waals surface area (Å²) in [5.74, 6) is 0.132. The summed E-state index contributed by atoms with van der Waals surface area (Å²) in [4.78, 5) is 10.9. The number of hydrogen-bond acceptors (Lipinski definition) is 2. The lowest BCUT2D eigenvalue weighted by Crippen LogP contribution is -2.25. The van der Waals surface area contributed by atoms with Gasteiger partial charge in [0.05, 0.1) is 6.10 Å². The van der Waals surface area contributed by atoms with Gasteiger partial charge in [0.15, 0.2) is 0 Å². The van der Waals surface area contributed by atoms with Crippen LogP contribution in [0.2, 0.25) is 0 Å². The van der Waals surface area contributed by atoms with Crippen molar-refractivity contribution in [1.29, 1.82) is 0 Å². The van der Waals surface area contributed by atoms with E-state index in [1.807, 2.05) is 6.92 Å². The first-order chi connectivity index (χ1) is 7.33. The van der Waals surface area contributed by atoms with Crippen LogP contribution in [0.4, 0.5) is 0 Å². The Morgan fingerprint density at radius 3 is 2.73 bits per heavy atom. The molecule has 0 radical (unpaired) electrons. The van der Waals surface area contributed by atoms with Gasteiger partial charge in [-0.25, -0.2) is 0 Å². The van der Waals surface area contributed by atoms with Gasteiger partial charge in [-0.05, 0) is 19.3 Å². The van der Waals surface area contributed by atoms with Crippen molar-refractivity contribution in [2.24, 2.45) is 0 Å². The van der Waals surface area contributed by atoms with E-state index in [0.29, 0.717) is 12.5 Å². The third kappa shape index (κ3) is 5.78. The van der Waals surface area contributed by atoms with Crippen molar-refractivity contribution >= 4 is 5.91 Å². The van der Waals surface area contributed by atoms with Crippen LogP contribution in [0.15, 0.2) is 0 Å². The van der Waals surface area contributed by atoms with Crippen molar-refractivity contribution in [1.82, 2.24) is 5.32 Å². The molecule has 1 saturated carbocycles. The second-order valence-electron chi connectivity index (χ2n) is 4.19. The highest BCUT2D eigenvalue weighted by Crippen LogP contribution is 2.20. The molecular weight excluding hydrogens is 190 g/mol. The Kier molecular flexibility index (Phi) is 6.41. The van der Waals surface area contributed by atoms with Crippen LogP contribution in [0.3, 0.4) is 0 Å². The topological polar surface area (TPSA) is 38.3 Å². The molecule has 3 heteroatoms. The zero-order chi connectivity index (χ0) is 10.9. The Labute approximate surface area is 92.6 Å². The molecule has 3 nitrogen and oxygen atoms in total. The Bertz CT molecular complexity index is 176. The lowest BCUT2D eigenvalue weighted by molar-refractivity contribution is -0.120. The highest BCUT2D eigenvalue weighted by Gasteiger charge is 2.12. The summed E-state index contributed by atoms with van der Waals surface area (Å²) in [6, 6.07) is 0. The fourth-order valence-electron chi connectivity index (χ4n) is 1.91. The summed E-state index contributed by atoms with van der Waals surface area (Å²) in [5, 5.41) is 2.85. The van der Waals surface area contributed by atoms with Crippen LogP contribution in [0, 0.1) is 0 Å². The molecule has 1 aliphatic carbocycles. The van der Waals surface area contributed by atoms with Gasteiger partial charge in [0, 0.05) is 19.6 Å². The average molecular weight is 213 g/mol. The summed E-state index contributed by atoms with van der Waals surface area (Å²) >= 11 is 0. The van der Waals surface area contributed by atoms with E-state index >= 15 is 0 Å². The van der Waals surface area contributed by atoms with E-state index in [0.717, 1.165) is 19.6 Å². The normalized spacial score (nSPS) is 17.7. The fourth-order valence-corrected chi connectivity index (χ4v) is 1.91. The number of amides is 1.